The molecule has 1 aliphatic heterocycles. The number of nitrogens with one attached hydrogen (secondary N) is 1. The topological polar surface area (TPSA) is 84.1 Å². The first-order valence-corrected chi connectivity index (χ1v) is 9.93. The van der Waals surface area contributed by atoms with Crippen LogP contribution in [0.4, 0.5) is 5.13 Å². The van der Waals surface area contributed by atoms with Crippen LogP contribution in [0.2, 0.25) is 0 Å². The molecule has 0 radical (unpaired) electrons. The molecule has 1 aliphatic carbocycles. The molecule has 7 heteroatoms. The SMILES string of the molecule is CC(C)(NC(=O)[C@H]1CCCN(C2CCCCC2)C1)c1nnc(N)s1. The highest BCUT2D eigenvalue weighted by atomic mass is 32.1. The Morgan fingerprint density at radius 3 is 2.62 bits per heavy atom. The maximum Gasteiger partial charge on any atom is 0.225 e. The maximum absolute atomic E-state index is 12.8. The summed E-state index contributed by atoms with van der Waals surface area (Å²) in [5.41, 5.74) is 5.15. The van der Waals surface area contributed by atoms with Gasteiger partial charge in [-0.1, -0.05) is 30.6 Å². The van der Waals surface area contributed by atoms with E-state index in [4.69, 9.17) is 5.73 Å². The van der Waals surface area contributed by atoms with Gasteiger partial charge in [-0.05, 0) is 46.1 Å². The normalized spacial score (nSPS) is 24.0. The fourth-order valence-electron chi connectivity index (χ4n) is 3.95. The third-order valence-electron chi connectivity index (χ3n) is 5.33. The first-order chi connectivity index (χ1) is 11.5. The number of nitrogens with zero attached hydrogens (tertiary/aromatic N) is 3. The van der Waals surface area contributed by atoms with Gasteiger partial charge in [0.1, 0.15) is 5.01 Å². The number of rotatable bonds is 4. The first-order valence-electron chi connectivity index (χ1n) is 9.11. The van der Waals surface area contributed by atoms with Gasteiger partial charge in [-0.25, -0.2) is 0 Å². The lowest BCUT2D eigenvalue weighted by atomic mass is 9.89. The van der Waals surface area contributed by atoms with E-state index < -0.39 is 5.54 Å². The van der Waals surface area contributed by atoms with Gasteiger partial charge in [0.25, 0.3) is 0 Å². The van der Waals surface area contributed by atoms with Crippen LogP contribution in [0.5, 0.6) is 0 Å². The molecule has 3 rings (SSSR count). The monoisotopic (exact) mass is 351 g/mol. The quantitative estimate of drug-likeness (QED) is 0.871. The van der Waals surface area contributed by atoms with Gasteiger partial charge in [0, 0.05) is 12.6 Å². The molecule has 0 spiro atoms. The summed E-state index contributed by atoms with van der Waals surface area (Å²) in [5, 5.41) is 12.3. The van der Waals surface area contributed by atoms with Crippen LogP contribution >= 0.6 is 11.3 Å². The van der Waals surface area contributed by atoms with Crippen molar-refractivity contribution in [3.8, 4) is 0 Å². The molecule has 2 aliphatic rings. The zero-order valence-corrected chi connectivity index (χ0v) is 15.6. The van der Waals surface area contributed by atoms with Crippen molar-refractivity contribution in [1.29, 1.82) is 0 Å². The van der Waals surface area contributed by atoms with E-state index in [1.165, 1.54) is 43.4 Å². The van der Waals surface area contributed by atoms with Gasteiger partial charge in [0.15, 0.2) is 0 Å². The molecule has 3 N–H and O–H groups in total. The van der Waals surface area contributed by atoms with Gasteiger partial charge in [-0.15, -0.1) is 10.2 Å². The van der Waals surface area contributed by atoms with E-state index in [0.29, 0.717) is 11.2 Å². The number of nitrogens with two attached hydrogens (primary N) is 1. The van der Waals surface area contributed by atoms with Crippen molar-refractivity contribution in [3.05, 3.63) is 5.01 Å². The summed E-state index contributed by atoms with van der Waals surface area (Å²) >= 11 is 1.34. The lowest BCUT2D eigenvalue weighted by Gasteiger charge is -2.40. The average Bonchev–Trinajstić information content (AvgIpc) is 3.03. The van der Waals surface area contributed by atoms with Crippen LogP contribution in [-0.2, 0) is 10.3 Å². The van der Waals surface area contributed by atoms with Gasteiger partial charge < -0.3 is 11.1 Å². The molecule has 1 aromatic rings. The highest BCUT2D eigenvalue weighted by Crippen LogP contribution is 2.29. The molecule has 1 atom stereocenters. The van der Waals surface area contributed by atoms with Crippen molar-refractivity contribution in [2.24, 2.45) is 5.92 Å². The van der Waals surface area contributed by atoms with Crippen molar-refractivity contribution in [1.82, 2.24) is 20.4 Å². The molecule has 134 valence electrons. The van der Waals surface area contributed by atoms with E-state index in [-0.39, 0.29) is 11.8 Å². The van der Waals surface area contributed by atoms with Crippen LogP contribution in [0, 0.1) is 5.92 Å². The van der Waals surface area contributed by atoms with E-state index >= 15 is 0 Å². The van der Waals surface area contributed by atoms with E-state index in [1.807, 2.05) is 13.8 Å². The van der Waals surface area contributed by atoms with Crippen molar-refractivity contribution >= 4 is 22.4 Å². The minimum atomic E-state index is -0.528. The Balaban J connectivity index is 1.59. The van der Waals surface area contributed by atoms with Crippen LogP contribution < -0.4 is 11.1 Å². The van der Waals surface area contributed by atoms with Crippen LogP contribution in [0.1, 0.15) is 63.8 Å². The zero-order chi connectivity index (χ0) is 17.2. The van der Waals surface area contributed by atoms with Gasteiger partial charge >= 0.3 is 0 Å². The highest BCUT2D eigenvalue weighted by Gasteiger charge is 2.34. The zero-order valence-electron chi connectivity index (χ0n) is 14.8. The molecule has 1 saturated heterocycles. The fraction of sp³-hybridized carbons (Fsp3) is 0.824. The molecular weight excluding hydrogens is 322 g/mol. The molecule has 0 unspecified atom stereocenters. The standard InChI is InChI=1S/C17H29N5OS/c1-17(2,15-20-21-16(18)24-15)19-14(23)12-7-6-10-22(11-12)13-8-4-3-5-9-13/h12-13H,3-11H2,1-2H3,(H2,18,21)(H,19,23)/t12-/m0/s1. The Hall–Kier alpha value is -1.21. The minimum Gasteiger partial charge on any atom is -0.374 e. The maximum atomic E-state index is 12.8. The van der Waals surface area contributed by atoms with Crippen molar-refractivity contribution in [2.75, 3.05) is 18.8 Å². The van der Waals surface area contributed by atoms with Crippen molar-refractivity contribution in [3.63, 3.8) is 0 Å². The summed E-state index contributed by atoms with van der Waals surface area (Å²) in [6.07, 6.45) is 8.72. The number of carbonyl (C=O) groups is 1. The first kappa shape index (κ1) is 17.6. The second-order valence-electron chi connectivity index (χ2n) is 7.69. The number of hydrogen-bond acceptors (Lipinski definition) is 6. The average molecular weight is 352 g/mol. The number of anilines is 1. The third-order valence-corrected chi connectivity index (χ3v) is 6.40. The second-order valence-corrected chi connectivity index (χ2v) is 8.69. The van der Waals surface area contributed by atoms with Gasteiger partial charge in [0.2, 0.25) is 11.0 Å². The number of carbonyl (C=O) groups excluding carboxylic acids is 1. The third kappa shape index (κ3) is 4.06. The number of likely N-dealkylation sites (tertiary alicyclic amines) is 1. The van der Waals surface area contributed by atoms with Crippen LogP contribution in [0.3, 0.4) is 0 Å². The van der Waals surface area contributed by atoms with E-state index in [1.54, 1.807) is 0 Å². The number of aromatic nitrogens is 2. The summed E-state index contributed by atoms with van der Waals surface area (Å²) in [4.78, 5) is 15.4. The Kier molecular flexibility index (Phi) is 5.39. The van der Waals surface area contributed by atoms with Gasteiger partial charge in [0.05, 0.1) is 11.5 Å². The second kappa shape index (κ2) is 7.35. The molecule has 24 heavy (non-hydrogen) atoms. The number of nitrogen functional groups attached to an aromatic ring is 1. The molecular formula is C17H29N5OS. The van der Waals surface area contributed by atoms with E-state index in [0.717, 1.165) is 30.9 Å². The molecule has 2 heterocycles. The molecule has 1 saturated carbocycles. The van der Waals surface area contributed by atoms with E-state index in [2.05, 4.69) is 20.4 Å². The Labute approximate surface area is 148 Å². The lowest BCUT2D eigenvalue weighted by molar-refractivity contribution is -0.128. The van der Waals surface area contributed by atoms with Crippen molar-refractivity contribution < 1.29 is 4.79 Å². The minimum absolute atomic E-state index is 0.0743. The summed E-state index contributed by atoms with van der Waals surface area (Å²) in [6.45, 7) is 5.97. The van der Waals surface area contributed by atoms with Crippen LogP contribution in [0.15, 0.2) is 0 Å². The summed E-state index contributed by atoms with van der Waals surface area (Å²) in [5.74, 6) is 0.208. The molecule has 0 aromatic carbocycles. The van der Waals surface area contributed by atoms with Gasteiger partial charge in [-0.3, -0.25) is 9.69 Å². The van der Waals surface area contributed by atoms with Gasteiger partial charge in [-0.2, -0.15) is 0 Å². The molecule has 2 fully saturated rings. The van der Waals surface area contributed by atoms with E-state index in [9.17, 15) is 4.79 Å². The number of piperidine rings is 1. The summed E-state index contributed by atoms with van der Waals surface area (Å²) < 4.78 is 0. The molecule has 6 nitrogen and oxygen atoms in total. The number of hydrogen-bond donors (Lipinski definition) is 2. The summed E-state index contributed by atoms with van der Waals surface area (Å²) in [6, 6.07) is 0.685. The molecule has 1 aromatic heterocycles. The Bertz CT molecular complexity index is 567. The van der Waals surface area contributed by atoms with Crippen LogP contribution in [0.25, 0.3) is 0 Å². The van der Waals surface area contributed by atoms with Crippen LogP contribution in [-0.4, -0.2) is 40.1 Å². The predicted molar refractivity (Wildman–Crippen MR) is 96.7 cm³/mol. The Morgan fingerprint density at radius 1 is 1.21 bits per heavy atom. The smallest absolute Gasteiger partial charge is 0.225 e. The fourth-order valence-corrected chi connectivity index (χ4v) is 4.62. The molecule has 1 amide bonds. The molecule has 0 bridgehead atoms. The lowest BCUT2D eigenvalue weighted by Crippen LogP contribution is -2.50. The predicted octanol–water partition coefficient (Wildman–Crippen LogP) is 2.52. The highest BCUT2D eigenvalue weighted by molar-refractivity contribution is 7.15. The Morgan fingerprint density at radius 2 is 1.96 bits per heavy atom. The number of amides is 1. The largest absolute Gasteiger partial charge is 0.374 e. The van der Waals surface area contributed by atoms with Crippen molar-refractivity contribution in [2.45, 2.75) is 70.4 Å². The summed E-state index contributed by atoms with van der Waals surface area (Å²) in [7, 11) is 0.